The fourth-order valence-electron chi connectivity index (χ4n) is 0.599. The van der Waals surface area contributed by atoms with Crippen molar-refractivity contribution in [3.63, 3.8) is 0 Å². The van der Waals surface area contributed by atoms with Gasteiger partial charge in [-0.3, -0.25) is 0 Å². The first-order valence-electron chi connectivity index (χ1n) is 4.06. The molecular weight excluding hydrogens is 180 g/mol. The van der Waals surface area contributed by atoms with Gasteiger partial charge in [0.05, 0.1) is 6.61 Å². The molecular formula is C8H17ClOS. The fraction of sp³-hybridized carbons (Fsp3) is 1.00. The van der Waals surface area contributed by atoms with E-state index in [4.69, 9.17) is 16.3 Å². The van der Waals surface area contributed by atoms with Crippen LogP contribution in [0.1, 0.15) is 20.3 Å². The Bertz CT molecular complexity index is 80.5. The van der Waals surface area contributed by atoms with E-state index in [0.29, 0.717) is 5.25 Å². The topological polar surface area (TPSA) is 9.23 Å². The lowest BCUT2D eigenvalue weighted by molar-refractivity contribution is 0.151. The summed E-state index contributed by atoms with van der Waals surface area (Å²) < 4.78 is 5.31. The molecule has 0 radical (unpaired) electrons. The van der Waals surface area contributed by atoms with Crippen LogP contribution in [0.4, 0.5) is 0 Å². The molecule has 0 saturated heterocycles. The molecule has 1 atom stereocenters. The Balaban J connectivity index is 2.89. The normalized spacial score (nSPS) is 13.4. The molecule has 3 heteroatoms. The zero-order chi connectivity index (χ0) is 8.53. The second-order valence-electron chi connectivity index (χ2n) is 2.45. The lowest BCUT2D eigenvalue weighted by atomic mass is 10.5. The maximum absolute atomic E-state index is 5.63. The van der Waals surface area contributed by atoms with Crippen LogP contribution < -0.4 is 0 Å². The number of hydrogen-bond donors (Lipinski definition) is 0. The van der Waals surface area contributed by atoms with Crippen molar-refractivity contribution in [1.82, 2.24) is 0 Å². The van der Waals surface area contributed by atoms with Gasteiger partial charge in [-0.2, -0.15) is 11.8 Å². The monoisotopic (exact) mass is 196 g/mol. The van der Waals surface area contributed by atoms with E-state index >= 15 is 0 Å². The number of ether oxygens (including phenoxy) is 1. The Hall–Kier alpha value is 0.600. The molecule has 0 amide bonds. The van der Waals surface area contributed by atoms with Crippen LogP contribution in [0.25, 0.3) is 0 Å². The maximum Gasteiger partial charge on any atom is 0.0556 e. The van der Waals surface area contributed by atoms with Crippen molar-refractivity contribution in [3.8, 4) is 0 Å². The van der Waals surface area contributed by atoms with Gasteiger partial charge in [-0.1, -0.05) is 13.8 Å². The first-order chi connectivity index (χ1) is 5.31. The standard InChI is InChI=1S/C8H17ClOS/c1-3-4-10-5-6-11-8(2)7-9/h8H,3-7H2,1-2H3. The van der Waals surface area contributed by atoms with Crippen molar-refractivity contribution in [2.45, 2.75) is 25.5 Å². The molecule has 68 valence electrons. The summed E-state index contributed by atoms with van der Waals surface area (Å²) >= 11 is 7.50. The number of rotatable bonds is 7. The minimum absolute atomic E-state index is 0.557. The zero-order valence-corrected chi connectivity index (χ0v) is 8.88. The smallest absolute Gasteiger partial charge is 0.0556 e. The van der Waals surface area contributed by atoms with Gasteiger partial charge in [0.1, 0.15) is 0 Å². The highest BCUT2D eigenvalue weighted by atomic mass is 35.5. The summed E-state index contributed by atoms with van der Waals surface area (Å²) in [6.45, 7) is 6.00. The average molecular weight is 197 g/mol. The third-order valence-corrected chi connectivity index (χ3v) is 2.98. The molecule has 0 N–H and O–H groups in total. The molecule has 0 fully saturated rings. The highest BCUT2D eigenvalue weighted by molar-refractivity contribution is 7.99. The van der Waals surface area contributed by atoms with Crippen LogP contribution >= 0.6 is 23.4 Å². The minimum atomic E-state index is 0.557. The predicted octanol–water partition coefficient (Wildman–Crippen LogP) is 2.77. The van der Waals surface area contributed by atoms with Crippen molar-refractivity contribution in [1.29, 1.82) is 0 Å². The Morgan fingerprint density at radius 2 is 2.18 bits per heavy atom. The number of alkyl halides is 1. The van der Waals surface area contributed by atoms with E-state index in [9.17, 15) is 0 Å². The van der Waals surface area contributed by atoms with Gasteiger partial charge in [0.25, 0.3) is 0 Å². The van der Waals surface area contributed by atoms with Crippen molar-refractivity contribution in [2.24, 2.45) is 0 Å². The summed E-state index contributed by atoms with van der Waals surface area (Å²) in [4.78, 5) is 0. The van der Waals surface area contributed by atoms with E-state index in [1.54, 1.807) is 0 Å². The molecule has 0 aromatic rings. The third-order valence-electron chi connectivity index (χ3n) is 1.20. The van der Waals surface area contributed by atoms with Crippen molar-refractivity contribution >= 4 is 23.4 Å². The highest BCUT2D eigenvalue weighted by Crippen LogP contribution is 2.10. The van der Waals surface area contributed by atoms with Gasteiger partial charge in [-0.15, -0.1) is 11.6 Å². The quantitative estimate of drug-likeness (QED) is 0.458. The molecule has 0 aliphatic carbocycles. The Labute approximate surface area is 78.8 Å². The maximum atomic E-state index is 5.63. The number of halogens is 1. The number of hydrogen-bond acceptors (Lipinski definition) is 2. The van der Waals surface area contributed by atoms with E-state index in [2.05, 4.69) is 13.8 Å². The summed E-state index contributed by atoms with van der Waals surface area (Å²) in [6, 6.07) is 0. The first kappa shape index (κ1) is 11.6. The van der Waals surface area contributed by atoms with Crippen LogP contribution in [-0.4, -0.2) is 30.1 Å². The van der Waals surface area contributed by atoms with Crippen LogP contribution in [-0.2, 0) is 4.74 Å². The summed E-state index contributed by atoms with van der Waals surface area (Å²) in [5.74, 6) is 1.80. The second kappa shape index (κ2) is 8.69. The molecule has 0 aromatic heterocycles. The Morgan fingerprint density at radius 3 is 2.73 bits per heavy atom. The average Bonchev–Trinajstić information content (AvgIpc) is 2.04. The summed E-state index contributed by atoms with van der Waals surface area (Å²) in [7, 11) is 0. The molecule has 1 unspecified atom stereocenters. The minimum Gasteiger partial charge on any atom is -0.381 e. The fourth-order valence-corrected chi connectivity index (χ4v) is 1.57. The van der Waals surface area contributed by atoms with Crippen LogP contribution in [0.2, 0.25) is 0 Å². The lowest BCUT2D eigenvalue weighted by Gasteiger charge is -2.06. The van der Waals surface area contributed by atoms with E-state index in [1.165, 1.54) is 0 Å². The van der Waals surface area contributed by atoms with Crippen molar-refractivity contribution < 1.29 is 4.74 Å². The Kier molecular flexibility index (Phi) is 9.17. The molecule has 0 rings (SSSR count). The Morgan fingerprint density at radius 1 is 1.45 bits per heavy atom. The van der Waals surface area contributed by atoms with Crippen LogP contribution in [0.15, 0.2) is 0 Å². The zero-order valence-electron chi connectivity index (χ0n) is 7.31. The van der Waals surface area contributed by atoms with Gasteiger partial charge in [0, 0.05) is 23.5 Å². The van der Waals surface area contributed by atoms with Crippen LogP contribution in [0.5, 0.6) is 0 Å². The van der Waals surface area contributed by atoms with Gasteiger partial charge < -0.3 is 4.74 Å². The highest BCUT2D eigenvalue weighted by Gasteiger charge is 1.98. The molecule has 0 spiro atoms. The molecule has 0 aliphatic rings. The van der Waals surface area contributed by atoms with E-state index < -0.39 is 0 Å². The van der Waals surface area contributed by atoms with Crippen molar-refractivity contribution in [2.75, 3.05) is 24.8 Å². The van der Waals surface area contributed by atoms with E-state index in [-0.39, 0.29) is 0 Å². The van der Waals surface area contributed by atoms with Gasteiger partial charge in [0.2, 0.25) is 0 Å². The molecule has 0 aromatic carbocycles. The first-order valence-corrected chi connectivity index (χ1v) is 5.64. The largest absolute Gasteiger partial charge is 0.381 e. The molecule has 0 aliphatic heterocycles. The van der Waals surface area contributed by atoms with Gasteiger partial charge in [-0.05, 0) is 6.42 Å². The lowest BCUT2D eigenvalue weighted by Crippen LogP contribution is -2.04. The van der Waals surface area contributed by atoms with Gasteiger partial charge in [0.15, 0.2) is 0 Å². The van der Waals surface area contributed by atoms with Gasteiger partial charge >= 0.3 is 0 Å². The molecule has 0 heterocycles. The second-order valence-corrected chi connectivity index (χ2v) is 4.30. The van der Waals surface area contributed by atoms with E-state index in [0.717, 1.165) is 31.3 Å². The predicted molar refractivity (Wildman–Crippen MR) is 53.8 cm³/mol. The van der Waals surface area contributed by atoms with Gasteiger partial charge in [-0.25, -0.2) is 0 Å². The number of thioether (sulfide) groups is 1. The van der Waals surface area contributed by atoms with Crippen molar-refractivity contribution in [3.05, 3.63) is 0 Å². The summed E-state index contributed by atoms with van der Waals surface area (Å²) in [5, 5.41) is 0.557. The molecule has 11 heavy (non-hydrogen) atoms. The summed E-state index contributed by atoms with van der Waals surface area (Å²) in [5.41, 5.74) is 0. The summed E-state index contributed by atoms with van der Waals surface area (Å²) in [6.07, 6.45) is 1.11. The molecule has 0 bridgehead atoms. The SMILES string of the molecule is CCCOCCSC(C)CCl. The van der Waals surface area contributed by atoms with E-state index in [1.807, 2.05) is 11.8 Å². The molecule has 1 nitrogen and oxygen atoms in total. The van der Waals surface area contributed by atoms with Crippen LogP contribution in [0.3, 0.4) is 0 Å². The van der Waals surface area contributed by atoms with Crippen LogP contribution in [0, 0.1) is 0 Å². The molecule has 0 saturated carbocycles. The third kappa shape index (κ3) is 8.51.